The van der Waals surface area contributed by atoms with Crippen LogP contribution in [0.25, 0.3) is 32.7 Å². The lowest BCUT2D eigenvalue weighted by Gasteiger charge is -2.28. The maximum Gasteiger partial charge on any atom is -0.000884 e. The minimum absolute atomic E-state index is 0.757. The van der Waals surface area contributed by atoms with Gasteiger partial charge in [0, 0.05) is 0 Å². The standard InChI is InChI=1S/C42H34P2.C2H6/c1-3-31(2)43(34-19-7-4-8-20-34)39-29-27-32-17-13-15-25-37(32)41(39)42-38-26-16-14-18-33(38)28-30-40(42)44(35-21-9-5-10-22-35)36-23-11-6-12-24-36;1-2/h3-30H,1-2H3;1-2H3/b31-3+;. The van der Waals surface area contributed by atoms with Crippen molar-refractivity contribution in [1.29, 1.82) is 0 Å². The molecule has 7 aromatic carbocycles. The summed E-state index contributed by atoms with van der Waals surface area (Å²) >= 11 is 0. The van der Waals surface area contributed by atoms with Gasteiger partial charge in [-0.05, 0) is 94.2 Å². The summed E-state index contributed by atoms with van der Waals surface area (Å²) in [6.07, 6.45) is 2.31. The zero-order valence-corrected chi connectivity index (χ0v) is 28.8. The van der Waals surface area contributed by atoms with Gasteiger partial charge in [-0.1, -0.05) is 184 Å². The molecular weight excluding hydrogens is 590 g/mol. The monoisotopic (exact) mass is 630 g/mol. The zero-order chi connectivity index (χ0) is 31.9. The predicted molar refractivity (Wildman–Crippen MR) is 209 cm³/mol. The fourth-order valence-corrected chi connectivity index (χ4v) is 11.2. The van der Waals surface area contributed by atoms with E-state index in [2.05, 4.69) is 184 Å². The lowest BCUT2D eigenvalue weighted by atomic mass is 9.93. The van der Waals surface area contributed by atoms with E-state index in [0.717, 1.165) is 0 Å². The van der Waals surface area contributed by atoms with Crippen LogP contribution in [0.5, 0.6) is 0 Å². The van der Waals surface area contributed by atoms with Gasteiger partial charge < -0.3 is 0 Å². The maximum atomic E-state index is 2.42. The predicted octanol–water partition coefficient (Wildman–Crippen LogP) is 10.8. The van der Waals surface area contributed by atoms with Crippen LogP contribution in [0.15, 0.2) is 175 Å². The average molecular weight is 631 g/mol. The molecule has 0 fully saturated rings. The second-order valence-corrected chi connectivity index (χ2v) is 15.5. The molecule has 7 rings (SSSR count). The van der Waals surface area contributed by atoms with Crippen molar-refractivity contribution in [3.63, 3.8) is 0 Å². The van der Waals surface area contributed by atoms with Gasteiger partial charge in [-0.3, -0.25) is 0 Å². The van der Waals surface area contributed by atoms with Gasteiger partial charge in [0.2, 0.25) is 0 Å². The Morgan fingerprint density at radius 1 is 0.435 bits per heavy atom. The molecule has 0 aliphatic heterocycles. The van der Waals surface area contributed by atoms with Crippen LogP contribution in [-0.2, 0) is 0 Å². The highest BCUT2D eigenvalue weighted by Crippen LogP contribution is 2.49. The lowest BCUT2D eigenvalue weighted by Crippen LogP contribution is -2.24. The number of fused-ring (bicyclic) bond motifs is 2. The molecule has 0 aromatic heterocycles. The third-order valence-electron chi connectivity index (χ3n) is 8.36. The summed E-state index contributed by atoms with van der Waals surface area (Å²) < 4.78 is 0. The second-order valence-electron chi connectivity index (χ2n) is 11.0. The summed E-state index contributed by atoms with van der Waals surface area (Å²) in [7, 11) is -1.59. The van der Waals surface area contributed by atoms with E-state index >= 15 is 0 Å². The van der Waals surface area contributed by atoms with Crippen molar-refractivity contribution in [2.24, 2.45) is 0 Å². The highest BCUT2D eigenvalue weighted by molar-refractivity contribution is 7.80. The number of hydrogen-bond acceptors (Lipinski definition) is 0. The second kappa shape index (κ2) is 14.8. The van der Waals surface area contributed by atoms with Crippen LogP contribution in [0.3, 0.4) is 0 Å². The molecule has 1 unspecified atom stereocenters. The van der Waals surface area contributed by atoms with E-state index in [4.69, 9.17) is 0 Å². The Hall–Kier alpha value is -4.34. The van der Waals surface area contributed by atoms with Crippen LogP contribution in [-0.4, -0.2) is 0 Å². The van der Waals surface area contributed by atoms with E-state index in [1.165, 1.54) is 64.5 Å². The summed E-state index contributed by atoms with van der Waals surface area (Å²) in [5.74, 6) is 0. The molecule has 0 amide bonds. The Morgan fingerprint density at radius 2 is 0.826 bits per heavy atom. The van der Waals surface area contributed by atoms with Crippen molar-refractivity contribution >= 4 is 63.9 Å². The molecule has 46 heavy (non-hydrogen) atoms. The first-order chi connectivity index (χ1) is 22.7. The smallest absolute Gasteiger partial charge is 0.000884 e. The van der Waals surface area contributed by atoms with Crippen LogP contribution < -0.4 is 26.5 Å². The summed E-state index contributed by atoms with van der Waals surface area (Å²) in [6, 6.07) is 60.7. The van der Waals surface area contributed by atoms with E-state index < -0.39 is 15.8 Å². The van der Waals surface area contributed by atoms with Crippen LogP contribution in [0.4, 0.5) is 0 Å². The summed E-state index contributed by atoms with van der Waals surface area (Å²) in [5, 5.41) is 13.5. The van der Waals surface area contributed by atoms with Gasteiger partial charge in [0.15, 0.2) is 0 Å². The molecule has 0 nitrogen and oxygen atoms in total. The molecule has 7 aromatic rings. The van der Waals surface area contributed by atoms with E-state index in [-0.39, 0.29) is 0 Å². The lowest BCUT2D eigenvalue weighted by molar-refractivity contribution is 1.50. The first kappa shape index (κ1) is 31.6. The molecule has 0 aliphatic rings. The quantitative estimate of drug-likeness (QED) is 0.154. The molecule has 0 heterocycles. The third-order valence-corrected chi connectivity index (χ3v) is 13.5. The molecule has 0 aliphatic carbocycles. The van der Waals surface area contributed by atoms with E-state index in [9.17, 15) is 0 Å². The summed E-state index contributed by atoms with van der Waals surface area (Å²) in [5.41, 5.74) is 2.73. The Balaban J connectivity index is 0.00000182. The zero-order valence-electron chi connectivity index (χ0n) is 27.1. The highest BCUT2D eigenvalue weighted by Gasteiger charge is 2.27. The Bertz CT molecular complexity index is 2040. The summed E-state index contributed by atoms with van der Waals surface area (Å²) in [4.78, 5) is 0. The van der Waals surface area contributed by atoms with Crippen molar-refractivity contribution in [2.45, 2.75) is 27.7 Å². The van der Waals surface area contributed by atoms with Gasteiger partial charge >= 0.3 is 0 Å². The van der Waals surface area contributed by atoms with Crippen LogP contribution in [0.2, 0.25) is 0 Å². The molecule has 0 saturated carbocycles. The van der Waals surface area contributed by atoms with Crippen LogP contribution in [0, 0.1) is 0 Å². The van der Waals surface area contributed by atoms with Gasteiger partial charge in [-0.25, -0.2) is 0 Å². The van der Waals surface area contributed by atoms with Gasteiger partial charge in [0.05, 0.1) is 0 Å². The van der Waals surface area contributed by atoms with Gasteiger partial charge in [0.1, 0.15) is 0 Å². The Kier molecular flexibility index (Phi) is 10.2. The molecule has 226 valence electrons. The molecular formula is C44H40P2. The van der Waals surface area contributed by atoms with Gasteiger partial charge in [-0.2, -0.15) is 0 Å². The SMILES string of the molecule is C/C=C(\C)P(c1ccccc1)c1ccc2ccccc2c1-c1c(P(c2ccccc2)c2ccccc2)ccc2ccccc12.CC. The first-order valence-electron chi connectivity index (χ1n) is 16.2. The normalized spacial score (nSPS) is 12.2. The van der Waals surface area contributed by atoms with Crippen molar-refractivity contribution in [2.75, 3.05) is 0 Å². The fraction of sp³-hybridized carbons (Fsp3) is 0.0909. The maximum absolute atomic E-state index is 2.42. The number of benzene rings is 7. The Morgan fingerprint density at radius 3 is 1.30 bits per heavy atom. The van der Waals surface area contributed by atoms with Crippen molar-refractivity contribution in [3.05, 3.63) is 175 Å². The molecule has 0 N–H and O–H groups in total. The molecule has 0 radical (unpaired) electrons. The minimum Gasteiger partial charge on any atom is -0.0836 e. The minimum atomic E-state index is -0.831. The van der Waals surface area contributed by atoms with Crippen LogP contribution >= 0.6 is 15.8 Å². The highest BCUT2D eigenvalue weighted by atomic mass is 31.1. The van der Waals surface area contributed by atoms with Gasteiger partial charge in [0.25, 0.3) is 0 Å². The van der Waals surface area contributed by atoms with Gasteiger partial charge in [-0.15, -0.1) is 0 Å². The molecule has 1 atom stereocenters. The molecule has 2 heteroatoms. The number of rotatable bonds is 7. The van der Waals surface area contributed by atoms with Crippen molar-refractivity contribution in [3.8, 4) is 11.1 Å². The Labute approximate surface area is 277 Å². The van der Waals surface area contributed by atoms with Crippen molar-refractivity contribution in [1.82, 2.24) is 0 Å². The first-order valence-corrected chi connectivity index (χ1v) is 18.8. The average Bonchev–Trinajstić information content (AvgIpc) is 3.14. The largest absolute Gasteiger partial charge is 0.0836 e. The topological polar surface area (TPSA) is 0 Å². The van der Waals surface area contributed by atoms with E-state index in [0.29, 0.717) is 0 Å². The molecule has 0 spiro atoms. The number of allylic oxidation sites excluding steroid dienone is 2. The van der Waals surface area contributed by atoms with Crippen LogP contribution in [0.1, 0.15) is 27.7 Å². The molecule has 0 bridgehead atoms. The van der Waals surface area contributed by atoms with Crippen molar-refractivity contribution < 1.29 is 0 Å². The molecule has 0 saturated heterocycles. The fourth-order valence-electron chi connectivity index (χ4n) is 6.24. The van der Waals surface area contributed by atoms with E-state index in [1.54, 1.807) is 0 Å². The summed E-state index contributed by atoms with van der Waals surface area (Å²) in [6.45, 7) is 8.49. The van der Waals surface area contributed by atoms with E-state index in [1.807, 2.05) is 13.8 Å². The number of hydrogen-bond donors (Lipinski definition) is 0. The third kappa shape index (κ3) is 6.22.